The maximum Gasteiger partial charge on any atom is 0.310 e. The number of ether oxygens (including phenoxy) is 1. The van der Waals surface area contributed by atoms with E-state index in [1.807, 2.05) is 12.1 Å². The second kappa shape index (κ2) is 9.14. The van der Waals surface area contributed by atoms with Gasteiger partial charge >= 0.3 is 5.97 Å². The zero-order valence-electron chi connectivity index (χ0n) is 15.0. The summed E-state index contributed by atoms with van der Waals surface area (Å²) in [4.78, 5) is 24.2. The largest absolute Gasteiger partial charge is 0.457 e. The number of hydrogen-bond donors (Lipinski definition) is 0. The molecule has 0 heterocycles. The molecule has 142 valence electrons. The van der Waals surface area contributed by atoms with Crippen LogP contribution in [0.1, 0.15) is 59.5 Å². The summed E-state index contributed by atoms with van der Waals surface area (Å²) < 4.78 is 18.7. The zero-order valence-corrected chi connectivity index (χ0v) is 15.8. The molecule has 0 amide bonds. The molecular formula is C22H22ClFO3. The molecule has 0 atom stereocenters. The summed E-state index contributed by atoms with van der Waals surface area (Å²) in [6.07, 6.45) is 5.91. The molecule has 0 aliphatic heterocycles. The van der Waals surface area contributed by atoms with Crippen molar-refractivity contribution in [1.29, 1.82) is 0 Å². The molecule has 3 rings (SSSR count). The van der Waals surface area contributed by atoms with E-state index in [0.717, 1.165) is 0 Å². The van der Waals surface area contributed by atoms with Crippen molar-refractivity contribution in [2.75, 3.05) is 6.61 Å². The molecule has 1 aliphatic carbocycles. The Bertz CT molecular complexity index is 791. The smallest absolute Gasteiger partial charge is 0.310 e. The van der Waals surface area contributed by atoms with Gasteiger partial charge in [-0.3, -0.25) is 9.59 Å². The Morgan fingerprint density at radius 2 is 1.74 bits per heavy atom. The van der Waals surface area contributed by atoms with Crippen molar-refractivity contribution in [1.82, 2.24) is 0 Å². The van der Waals surface area contributed by atoms with Crippen molar-refractivity contribution in [3.05, 3.63) is 70.0 Å². The van der Waals surface area contributed by atoms with Gasteiger partial charge in [0.15, 0.2) is 12.4 Å². The van der Waals surface area contributed by atoms with Crippen LogP contribution in [0.2, 0.25) is 5.02 Å². The molecule has 27 heavy (non-hydrogen) atoms. The maximum atomic E-state index is 13.7. The SMILES string of the molecule is O=C(Cc1c(F)cccc1Cl)OCC(=O)c1ccc(C2CCCCC2)cc1. The summed E-state index contributed by atoms with van der Waals surface area (Å²) in [6, 6.07) is 11.8. The minimum Gasteiger partial charge on any atom is -0.457 e. The number of esters is 1. The molecule has 3 nitrogen and oxygen atoms in total. The van der Waals surface area contributed by atoms with Crippen LogP contribution in [-0.2, 0) is 16.0 Å². The second-order valence-corrected chi connectivity index (χ2v) is 7.32. The fourth-order valence-corrected chi connectivity index (χ4v) is 3.73. The standard InChI is InChI=1S/C22H22ClFO3/c23-19-7-4-8-20(24)18(19)13-22(26)27-14-21(25)17-11-9-16(10-12-17)15-5-2-1-3-6-15/h4,7-12,15H,1-3,5-6,13-14H2. The van der Waals surface area contributed by atoms with Crippen LogP contribution in [0.15, 0.2) is 42.5 Å². The number of benzene rings is 2. The molecule has 0 N–H and O–H groups in total. The van der Waals surface area contributed by atoms with E-state index in [1.165, 1.54) is 55.9 Å². The Balaban J connectivity index is 1.53. The summed E-state index contributed by atoms with van der Waals surface area (Å²) in [5, 5.41) is 0.163. The zero-order chi connectivity index (χ0) is 19.2. The fourth-order valence-electron chi connectivity index (χ4n) is 3.50. The lowest BCUT2D eigenvalue weighted by atomic mass is 9.84. The second-order valence-electron chi connectivity index (χ2n) is 6.92. The van der Waals surface area contributed by atoms with E-state index in [4.69, 9.17) is 16.3 Å². The van der Waals surface area contributed by atoms with Gasteiger partial charge in [0.2, 0.25) is 0 Å². The number of ketones is 1. The molecule has 0 spiro atoms. The van der Waals surface area contributed by atoms with Crippen LogP contribution in [0.3, 0.4) is 0 Å². The number of carbonyl (C=O) groups excluding carboxylic acids is 2. The average molecular weight is 389 g/mol. The van der Waals surface area contributed by atoms with Gasteiger partial charge in [0.1, 0.15) is 5.82 Å². The van der Waals surface area contributed by atoms with Crippen LogP contribution >= 0.6 is 11.6 Å². The van der Waals surface area contributed by atoms with Gasteiger partial charge in [-0.1, -0.05) is 61.2 Å². The van der Waals surface area contributed by atoms with E-state index in [-0.39, 0.29) is 29.4 Å². The summed E-state index contributed by atoms with van der Waals surface area (Å²) >= 11 is 5.90. The first-order chi connectivity index (χ1) is 13.0. The maximum absolute atomic E-state index is 13.7. The van der Waals surface area contributed by atoms with E-state index in [9.17, 15) is 14.0 Å². The number of rotatable bonds is 6. The molecule has 0 unspecified atom stereocenters. The third kappa shape index (κ3) is 5.16. The molecule has 2 aromatic carbocycles. The van der Waals surface area contributed by atoms with Gasteiger partial charge < -0.3 is 4.74 Å². The lowest BCUT2D eigenvalue weighted by Crippen LogP contribution is -2.16. The lowest BCUT2D eigenvalue weighted by Gasteiger charge is -2.22. The van der Waals surface area contributed by atoms with E-state index in [2.05, 4.69) is 0 Å². The lowest BCUT2D eigenvalue weighted by molar-refractivity contribution is -0.141. The number of hydrogen-bond acceptors (Lipinski definition) is 3. The van der Waals surface area contributed by atoms with Crippen LogP contribution < -0.4 is 0 Å². The molecule has 1 fully saturated rings. The first kappa shape index (κ1) is 19.6. The molecule has 5 heteroatoms. The van der Waals surface area contributed by atoms with Gasteiger partial charge in [-0.2, -0.15) is 0 Å². The van der Waals surface area contributed by atoms with Gasteiger partial charge in [-0.15, -0.1) is 0 Å². The Labute approximate surface area is 163 Å². The summed E-state index contributed by atoms with van der Waals surface area (Å²) in [5.41, 5.74) is 1.84. The van der Waals surface area contributed by atoms with E-state index < -0.39 is 11.8 Å². The summed E-state index contributed by atoms with van der Waals surface area (Å²) in [5.74, 6) is -0.956. The van der Waals surface area contributed by atoms with Crippen molar-refractivity contribution in [2.24, 2.45) is 0 Å². The molecule has 1 aliphatic rings. The topological polar surface area (TPSA) is 43.4 Å². The van der Waals surface area contributed by atoms with Crippen molar-refractivity contribution < 1.29 is 18.7 Å². The molecule has 1 saturated carbocycles. The monoisotopic (exact) mass is 388 g/mol. The van der Waals surface area contributed by atoms with Gasteiger partial charge in [0, 0.05) is 16.1 Å². The number of carbonyl (C=O) groups is 2. The Hall–Kier alpha value is -2.20. The third-order valence-corrected chi connectivity index (χ3v) is 5.41. The first-order valence-electron chi connectivity index (χ1n) is 9.26. The quantitative estimate of drug-likeness (QED) is 0.485. The van der Waals surface area contributed by atoms with Crippen molar-refractivity contribution >= 4 is 23.4 Å². The van der Waals surface area contributed by atoms with Crippen molar-refractivity contribution in [3.63, 3.8) is 0 Å². The normalized spacial score (nSPS) is 14.7. The van der Waals surface area contributed by atoms with Crippen LogP contribution in [0.4, 0.5) is 4.39 Å². The summed E-state index contributed by atoms with van der Waals surface area (Å²) in [6.45, 7) is -0.367. The highest BCUT2D eigenvalue weighted by Crippen LogP contribution is 2.32. The van der Waals surface area contributed by atoms with Crippen molar-refractivity contribution in [2.45, 2.75) is 44.4 Å². The number of halogens is 2. The first-order valence-corrected chi connectivity index (χ1v) is 9.64. The Morgan fingerprint density at radius 1 is 1.04 bits per heavy atom. The molecule has 0 saturated heterocycles. The molecule has 2 aromatic rings. The predicted molar refractivity (Wildman–Crippen MR) is 103 cm³/mol. The van der Waals surface area contributed by atoms with Gasteiger partial charge in [-0.05, 0) is 36.5 Å². The van der Waals surface area contributed by atoms with E-state index in [1.54, 1.807) is 12.1 Å². The highest BCUT2D eigenvalue weighted by molar-refractivity contribution is 6.31. The highest BCUT2D eigenvalue weighted by Gasteiger charge is 2.17. The molecule has 0 bridgehead atoms. The minimum atomic E-state index is -0.686. The van der Waals surface area contributed by atoms with Crippen molar-refractivity contribution in [3.8, 4) is 0 Å². The highest BCUT2D eigenvalue weighted by atomic mass is 35.5. The van der Waals surface area contributed by atoms with Crippen LogP contribution in [-0.4, -0.2) is 18.4 Å². The molecule has 0 radical (unpaired) electrons. The Kier molecular flexibility index (Phi) is 6.62. The number of Topliss-reactive ketones (excluding diaryl/α,β-unsaturated/α-hetero) is 1. The van der Waals surface area contributed by atoms with E-state index in [0.29, 0.717) is 11.5 Å². The summed E-state index contributed by atoms with van der Waals surface area (Å²) in [7, 11) is 0. The fraction of sp³-hybridized carbons (Fsp3) is 0.364. The molecular weight excluding hydrogens is 367 g/mol. The van der Waals surface area contributed by atoms with Gasteiger partial charge in [0.25, 0.3) is 0 Å². The average Bonchev–Trinajstić information content (AvgIpc) is 2.70. The Morgan fingerprint density at radius 3 is 2.41 bits per heavy atom. The minimum absolute atomic E-state index is 0.0773. The van der Waals surface area contributed by atoms with Gasteiger partial charge in [-0.25, -0.2) is 4.39 Å². The van der Waals surface area contributed by atoms with E-state index >= 15 is 0 Å². The molecule has 0 aromatic heterocycles. The van der Waals surface area contributed by atoms with Crippen LogP contribution in [0.5, 0.6) is 0 Å². The third-order valence-electron chi connectivity index (χ3n) is 5.06. The van der Waals surface area contributed by atoms with Gasteiger partial charge in [0.05, 0.1) is 6.42 Å². The van der Waals surface area contributed by atoms with Crippen LogP contribution in [0, 0.1) is 5.82 Å². The van der Waals surface area contributed by atoms with Crippen LogP contribution in [0.25, 0.3) is 0 Å². The predicted octanol–water partition coefficient (Wildman–Crippen LogP) is 5.50.